The molecule has 0 fully saturated rings. The summed E-state index contributed by atoms with van der Waals surface area (Å²) in [5, 5.41) is 2.48. The molecule has 0 saturated heterocycles. The molecule has 0 spiro atoms. The highest BCUT2D eigenvalue weighted by molar-refractivity contribution is 5.86. The molecule has 6 nitrogen and oxygen atoms in total. The van der Waals surface area contributed by atoms with Gasteiger partial charge in [-0.1, -0.05) is 6.58 Å². The molecule has 1 N–H and O–H groups in total. The predicted molar refractivity (Wildman–Crippen MR) is 75.1 cm³/mol. The number of nitrogens with one attached hydrogen (secondary N) is 1. The Morgan fingerprint density at radius 1 is 1.15 bits per heavy atom. The fraction of sp³-hybridized carbons (Fsp3) is 0.643. The van der Waals surface area contributed by atoms with Gasteiger partial charge in [0.25, 0.3) is 0 Å². The molecular formula is C14H22N2O4. The molecule has 6 heteroatoms. The molecule has 20 heavy (non-hydrogen) atoms. The molecule has 0 atom stereocenters. The lowest BCUT2D eigenvalue weighted by Gasteiger charge is -2.07. The van der Waals surface area contributed by atoms with Crippen LogP contribution in [0.2, 0.25) is 0 Å². The topological polar surface area (TPSA) is 69.0 Å². The minimum atomic E-state index is -0.516. The van der Waals surface area contributed by atoms with E-state index in [2.05, 4.69) is 16.7 Å². The first-order chi connectivity index (χ1) is 9.57. The maximum Gasteiger partial charge on any atom is 0.407 e. The van der Waals surface area contributed by atoms with Crippen LogP contribution in [0.25, 0.3) is 4.85 Å². The van der Waals surface area contributed by atoms with Crippen LogP contribution in [0.4, 0.5) is 4.79 Å². The number of hydrogen-bond donors (Lipinski definition) is 1. The van der Waals surface area contributed by atoms with Gasteiger partial charge >= 0.3 is 12.1 Å². The van der Waals surface area contributed by atoms with E-state index < -0.39 is 12.1 Å². The molecule has 112 valence electrons. The molecule has 0 rings (SSSR count). The zero-order valence-corrected chi connectivity index (χ0v) is 11.9. The number of hydrogen-bond acceptors (Lipinski definition) is 4. The minimum Gasteiger partial charge on any atom is -0.460 e. The lowest BCUT2D eigenvalue weighted by atomic mass is 10.2. The molecule has 0 aromatic carbocycles. The van der Waals surface area contributed by atoms with Crippen molar-refractivity contribution in [2.24, 2.45) is 0 Å². The maximum absolute atomic E-state index is 11.2. The molecule has 0 heterocycles. The van der Waals surface area contributed by atoms with Gasteiger partial charge in [-0.05, 0) is 26.2 Å². The molecule has 0 bridgehead atoms. The quantitative estimate of drug-likeness (QED) is 0.289. The zero-order chi connectivity index (χ0) is 15.2. The number of nitrogens with zero attached hydrogens (tertiary/aromatic N) is 1. The van der Waals surface area contributed by atoms with E-state index in [1.807, 2.05) is 0 Å². The van der Waals surface area contributed by atoms with Crippen LogP contribution in [-0.2, 0) is 14.3 Å². The zero-order valence-electron chi connectivity index (χ0n) is 11.9. The summed E-state index contributed by atoms with van der Waals surface area (Å²) in [6.45, 7) is 12.8. The highest BCUT2D eigenvalue weighted by atomic mass is 16.6. The summed E-state index contributed by atoms with van der Waals surface area (Å²) < 4.78 is 9.74. The van der Waals surface area contributed by atoms with Crippen molar-refractivity contribution in [2.75, 3.05) is 26.3 Å². The maximum atomic E-state index is 11.2. The summed E-state index contributed by atoms with van der Waals surface area (Å²) in [6.07, 6.45) is 3.08. The summed E-state index contributed by atoms with van der Waals surface area (Å²) in [7, 11) is 0. The predicted octanol–water partition coefficient (Wildman–Crippen LogP) is 2.31. The average molecular weight is 282 g/mol. The summed E-state index contributed by atoms with van der Waals surface area (Å²) in [6, 6.07) is 0. The van der Waals surface area contributed by atoms with Crippen molar-refractivity contribution in [2.45, 2.75) is 32.6 Å². The molecule has 0 aliphatic heterocycles. The van der Waals surface area contributed by atoms with Crippen molar-refractivity contribution in [3.63, 3.8) is 0 Å². The van der Waals surface area contributed by atoms with Gasteiger partial charge in [0.2, 0.25) is 6.54 Å². The molecular weight excluding hydrogens is 260 g/mol. The van der Waals surface area contributed by atoms with Crippen LogP contribution in [0.1, 0.15) is 32.6 Å². The first-order valence-electron chi connectivity index (χ1n) is 6.64. The van der Waals surface area contributed by atoms with Crippen LogP contribution in [0.5, 0.6) is 0 Å². The number of ether oxygens (including phenoxy) is 2. The van der Waals surface area contributed by atoms with Crippen LogP contribution in [-0.4, -0.2) is 38.4 Å². The van der Waals surface area contributed by atoms with Gasteiger partial charge < -0.3 is 19.6 Å². The number of carbonyl (C=O) groups is 2. The van der Waals surface area contributed by atoms with Crippen molar-refractivity contribution >= 4 is 12.1 Å². The van der Waals surface area contributed by atoms with Crippen molar-refractivity contribution in [3.8, 4) is 0 Å². The van der Waals surface area contributed by atoms with Gasteiger partial charge in [0, 0.05) is 12.0 Å². The molecule has 0 aliphatic carbocycles. The van der Waals surface area contributed by atoms with E-state index >= 15 is 0 Å². The molecule has 0 aliphatic rings. The van der Waals surface area contributed by atoms with Gasteiger partial charge in [-0.15, -0.1) is 0 Å². The second kappa shape index (κ2) is 12.0. The molecule has 0 radical (unpaired) electrons. The summed E-state index contributed by atoms with van der Waals surface area (Å²) in [5.41, 5.74) is 0.325. The number of rotatable bonds is 10. The van der Waals surface area contributed by atoms with Crippen molar-refractivity contribution in [1.82, 2.24) is 5.32 Å². The number of alkyl carbamates (subject to hydrolysis) is 1. The van der Waals surface area contributed by atoms with Gasteiger partial charge in [-0.3, -0.25) is 0 Å². The van der Waals surface area contributed by atoms with E-state index in [1.54, 1.807) is 6.92 Å². The van der Waals surface area contributed by atoms with Crippen LogP contribution >= 0.6 is 0 Å². The lowest BCUT2D eigenvalue weighted by molar-refractivity contribution is -0.138. The fourth-order valence-electron chi connectivity index (χ4n) is 1.28. The van der Waals surface area contributed by atoms with E-state index in [9.17, 15) is 9.59 Å². The largest absolute Gasteiger partial charge is 0.460 e. The van der Waals surface area contributed by atoms with E-state index in [-0.39, 0.29) is 13.2 Å². The molecule has 0 saturated carbocycles. The monoisotopic (exact) mass is 282 g/mol. The van der Waals surface area contributed by atoms with E-state index in [0.29, 0.717) is 18.7 Å². The first kappa shape index (κ1) is 18.0. The van der Waals surface area contributed by atoms with Gasteiger partial charge in [-0.2, -0.15) is 0 Å². The third-order valence-corrected chi connectivity index (χ3v) is 2.35. The third kappa shape index (κ3) is 11.1. The Balaban J connectivity index is 3.35. The van der Waals surface area contributed by atoms with Gasteiger partial charge in [-0.25, -0.2) is 16.2 Å². The Bertz CT molecular complexity index is 361. The Morgan fingerprint density at radius 3 is 2.50 bits per heavy atom. The molecule has 0 unspecified atom stereocenters. The fourth-order valence-corrected chi connectivity index (χ4v) is 1.28. The Hall–Kier alpha value is -2.03. The highest BCUT2D eigenvalue weighted by Gasteiger charge is 2.04. The van der Waals surface area contributed by atoms with Crippen LogP contribution < -0.4 is 5.32 Å². The average Bonchev–Trinajstić information content (AvgIpc) is 2.42. The summed E-state index contributed by atoms with van der Waals surface area (Å²) in [4.78, 5) is 25.5. The Kier molecular flexibility index (Phi) is 10.8. The van der Waals surface area contributed by atoms with Crippen LogP contribution in [0.3, 0.4) is 0 Å². The smallest absolute Gasteiger partial charge is 0.407 e. The first-order valence-corrected chi connectivity index (χ1v) is 6.64. The SMILES string of the molecule is [C-]#[N+]CCCCCCOC(=O)NCCOC(=O)C(=C)C. The van der Waals surface area contributed by atoms with Gasteiger partial charge in [0.05, 0.1) is 13.2 Å². The number of esters is 1. The highest BCUT2D eigenvalue weighted by Crippen LogP contribution is 2.00. The lowest BCUT2D eigenvalue weighted by Crippen LogP contribution is -2.29. The van der Waals surface area contributed by atoms with E-state index in [1.165, 1.54) is 0 Å². The Labute approximate surface area is 119 Å². The summed E-state index contributed by atoms with van der Waals surface area (Å²) >= 11 is 0. The van der Waals surface area contributed by atoms with Crippen molar-refractivity contribution in [1.29, 1.82) is 0 Å². The normalized spacial score (nSPS) is 9.40. The number of amides is 1. The number of carbonyl (C=O) groups excluding carboxylic acids is 2. The standard InChI is InChI=1S/C14H22N2O4/c1-12(2)13(17)19-11-9-16-14(18)20-10-7-5-4-6-8-15-3/h1,4-11H2,2H3,(H,16,18). The van der Waals surface area contributed by atoms with E-state index in [0.717, 1.165) is 25.7 Å². The van der Waals surface area contributed by atoms with Gasteiger partial charge in [0.1, 0.15) is 6.61 Å². The molecule has 0 aromatic rings. The molecule has 0 aromatic heterocycles. The van der Waals surface area contributed by atoms with Crippen molar-refractivity contribution in [3.05, 3.63) is 23.6 Å². The Morgan fingerprint density at radius 2 is 1.85 bits per heavy atom. The van der Waals surface area contributed by atoms with Gasteiger partial charge in [0.15, 0.2) is 0 Å². The second-order valence-corrected chi connectivity index (χ2v) is 4.27. The van der Waals surface area contributed by atoms with E-state index in [4.69, 9.17) is 16.0 Å². The van der Waals surface area contributed by atoms with Crippen molar-refractivity contribution < 1.29 is 19.1 Å². The summed E-state index contributed by atoms with van der Waals surface area (Å²) in [5.74, 6) is -0.473. The van der Waals surface area contributed by atoms with Crippen LogP contribution in [0.15, 0.2) is 12.2 Å². The number of unbranched alkanes of at least 4 members (excludes halogenated alkanes) is 3. The third-order valence-electron chi connectivity index (χ3n) is 2.35. The van der Waals surface area contributed by atoms with Crippen LogP contribution in [0, 0.1) is 6.57 Å². The molecule has 1 amide bonds. The minimum absolute atomic E-state index is 0.0947. The second-order valence-electron chi connectivity index (χ2n) is 4.27.